The van der Waals surface area contributed by atoms with Crippen LogP contribution in [0.1, 0.15) is 22.8 Å². The molecular weight excluding hydrogens is 346 g/mol. The molecular formula is C24H19N3O. The lowest BCUT2D eigenvalue weighted by molar-refractivity contribution is 0.0983. The Labute approximate surface area is 163 Å². The molecule has 0 bridgehead atoms. The van der Waals surface area contributed by atoms with Gasteiger partial charge < -0.3 is 4.90 Å². The molecule has 28 heavy (non-hydrogen) atoms. The second kappa shape index (κ2) is 6.57. The number of rotatable bonds is 2. The van der Waals surface area contributed by atoms with Crippen molar-refractivity contribution >= 4 is 22.5 Å². The van der Waals surface area contributed by atoms with Crippen LogP contribution >= 0.6 is 0 Å². The van der Waals surface area contributed by atoms with E-state index in [0.29, 0.717) is 11.3 Å². The predicted octanol–water partition coefficient (Wildman–Crippen LogP) is 4.89. The molecule has 0 spiro atoms. The molecule has 4 heteroatoms. The maximum atomic E-state index is 13.7. The minimum atomic E-state index is 0.00762. The largest absolute Gasteiger partial charge is 0.305 e. The fourth-order valence-electron chi connectivity index (χ4n) is 4.00. The van der Waals surface area contributed by atoms with E-state index in [0.717, 1.165) is 28.7 Å². The van der Waals surface area contributed by atoms with Gasteiger partial charge in [-0.2, -0.15) is 0 Å². The second-order valence-corrected chi connectivity index (χ2v) is 7.14. The van der Waals surface area contributed by atoms with Gasteiger partial charge in [-0.1, -0.05) is 42.5 Å². The van der Waals surface area contributed by atoms with Crippen LogP contribution in [0.25, 0.3) is 22.3 Å². The number of hydrogen-bond donors (Lipinski definition) is 0. The van der Waals surface area contributed by atoms with Crippen molar-refractivity contribution < 1.29 is 4.79 Å². The van der Waals surface area contributed by atoms with Gasteiger partial charge in [-0.3, -0.25) is 9.78 Å². The average molecular weight is 365 g/mol. The van der Waals surface area contributed by atoms with Crippen LogP contribution in [0.3, 0.4) is 0 Å². The summed E-state index contributed by atoms with van der Waals surface area (Å²) in [6, 6.07) is 23.7. The molecule has 3 heterocycles. The van der Waals surface area contributed by atoms with Gasteiger partial charge in [0, 0.05) is 23.3 Å². The van der Waals surface area contributed by atoms with E-state index in [4.69, 9.17) is 4.98 Å². The maximum absolute atomic E-state index is 13.7. The molecule has 4 aromatic rings. The van der Waals surface area contributed by atoms with E-state index in [2.05, 4.69) is 18.0 Å². The first-order valence-electron chi connectivity index (χ1n) is 9.45. The lowest BCUT2D eigenvalue weighted by Gasteiger charge is -2.23. The SMILES string of the molecule is C[C@H]1Cc2ccccc2N1C(=O)c1cc(-c2ccccn2)nc2ccccc12. The number of hydrogen-bond acceptors (Lipinski definition) is 3. The highest BCUT2D eigenvalue weighted by molar-refractivity contribution is 6.15. The van der Waals surface area contributed by atoms with E-state index >= 15 is 0 Å². The lowest BCUT2D eigenvalue weighted by atomic mass is 10.0. The molecule has 0 saturated carbocycles. The summed E-state index contributed by atoms with van der Waals surface area (Å²) in [6.07, 6.45) is 2.62. The van der Waals surface area contributed by atoms with Crippen LogP contribution in [0.5, 0.6) is 0 Å². The van der Waals surface area contributed by atoms with Gasteiger partial charge >= 0.3 is 0 Å². The van der Waals surface area contributed by atoms with E-state index in [1.165, 1.54) is 5.56 Å². The standard InChI is InChI=1S/C24H19N3O/c1-16-14-17-8-2-5-12-23(17)27(16)24(28)19-15-22(21-11-6-7-13-25-21)26-20-10-4-3-9-18(19)20/h2-13,15-16H,14H2,1H3/t16-/m0/s1. The van der Waals surface area contributed by atoms with Crippen LogP contribution in [-0.4, -0.2) is 21.9 Å². The number of fused-ring (bicyclic) bond motifs is 2. The van der Waals surface area contributed by atoms with Crippen molar-refractivity contribution in [3.05, 3.63) is 90.1 Å². The van der Waals surface area contributed by atoms with Crippen molar-refractivity contribution in [2.75, 3.05) is 4.90 Å². The quantitative estimate of drug-likeness (QED) is 0.508. The van der Waals surface area contributed by atoms with Crippen molar-refractivity contribution in [3.63, 3.8) is 0 Å². The van der Waals surface area contributed by atoms with Crippen LogP contribution in [-0.2, 0) is 6.42 Å². The van der Waals surface area contributed by atoms with Crippen LogP contribution in [0.4, 0.5) is 5.69 Å². The molecule has 5 rings (SSSR count). The molecule has 0 N–H and O–H groups in total. The van der Waals surface area contributed by atoms with Gasteiger partial charge in [0.15, 0.2) is 0 Å². The Hall–Kier alpha value is -3.53. The number of para-hydroxylation sites is 2. The van der Waals surface area contributed by atoms with Gasteiger partial charge in [-0.05, 0) is 49.2 Å². The topological polar surface area (TPSA) is 46.1 Å². The summed E-state index contributed by atoms with van der Waals surface area (Å²) >= 11 is 0. The van der Waals surface area contributed by atoms with E-state index in [9.17, 15) is 4.79 Å². The number of nitrogens with zero attached hydrogens (tertiary/aromatic N) is 3. The zero-order valence-electron chi connectivity index (χ0n) is 15.5. The van der Waals surface area contributed by atoms with E-state index in [1.807, 2.05) is 71.6 Å². The summed E-state index contributed by atoms with van der Waals surface area (Å²) in [5.74, 6) is 0.00762. The van der Waals surface area contributed by atoms with Gasteiger partial charge in [0.2, 0.25) is 0 Å². The summed E-state index contributed by atoms with van der Waals surface area (Å²) in [5.41, 5.74) is 5.15. The fourth-order valence-corrected chi connectivity index (χ4v) is 4.00. The third kappa shape index (κ3) is 2.65. The fraction of sp³-hybridized carbons (Fsp3) is 0.125. The summed E-state index contributed by atoms with van der Waals surface area (Å²) in [7, 11) is 0. The Bertz CT molecular complexity index is 1190. The molecule has 2 aromatic heterocycles. The summed E-state index contributed by atoms with van der Waals surface area (Å²) in [5, 5.41) is 0.865. The minimum absolute atomic E-state index is 0.00762. The molecule has 0 fully saturated rings. The van der Waals surface area contributed by atoms with Gasteiger partial charge in [-0.25, -0.2) is 4.98 Å². The number of carbonyl (C=O) groups is 1. The molecule has 4 nitrogen and oxygen atoms in total. The zero-order chi connectivity index (χ0) is 19.1. The van der Waals surface area contributed by atoms with Crippen molar-refractivity contribution in [3.8, 4) is 11.4 Å². The zero-order valence-corrected chi connectivity index (χ0v) is 15.5. The average Bonchev–Trinajstić information content (AvgIpc) is 3.08. The van der Waals surface area contributed by atoms with Crippen LogP contribution < -0.4 is 4.90 Å². The number of aromatic nitrogens is 2. The first kappa shape index (κ1) is 16.6. The number of benzene rings is 2. The van der Waals surface area contributed by atoms with Gasteiger partial charge in [0.25, 0.3) is 5.91 Å². The van der Waals surface area contributed by atoms with Crippen molar-refractivity contribution in [2.24, 2.45) is 0 Å². The van der Waals surface area contributed by atoms with Crippen LogP contribution in [0.15, 0.2) is 79.0 Å². The Morgan fingerprint density at radius 1 is 0.964 bits per heavy atom. The maximum Gasteiger partial charge on any atom is 0.259 e. The third-order valence-corrected chi connectivity index (χ3v) is 5.30. The van der Waals surface area contributed by atoms with E-state index in [-0.39, 0.29) is 11.9 Å². The summed E-state index contributed by atoms with van der Waals surface area (Å²) in [6.45, 7) is 2.10. The molecule has 0 radical (unpaired) electrons. The normalized spacial score (nSPS) is 15.6. The Balaban J connectivity index is 1.69. The predicted molar refractivity (Wildman–Crippen MR) is 111 cm³/mol. The molecule has 1 atom stereocenters. The first-order chi connectivity index (χ1) is 13.7. The third-order valence-electron chi connectivity index (χ3n) is 5.30. The highest BCUT2D eigenvalue weighted by Crippen LogP contribution is 2.34. The van der Waals surface area contributed by atoms with E-state index in [1.54, 1.807) is 6.20 Å². The van der Waals surface area contributed by atoms with Crippen LogP contribution in [0, 0.1) is 0 Å². The first-order valence-corrected chi connectivity index (χ1v) is 9.45. The lowest BCUT2D eigenvalue weighted by Crippen LogP contribution is -2.35. The molecule has 1 amide bonds. The molecule has 1 aliphatic rings. The number of anilines is 1. The highest BCUT2D eigenvalue weighted by Gasteiger charge is 2.32. The summed E-state index contributed by atoms with van der Waals surface area (Å²) < 4.78 is 0. The Morgan fingerprint density at radius 3 is 2.61 bits per heavy atom. The molecule has 136 valence electrons. The number of pyridine rings is 2. The Morgan fingerprint density at radius 2 is 1.75 bits per heavy atom. The molecule has 2 aromatic carbocycles. The smallest absolute Gasteiger partial charge is 0.259 e. The molecule has 1 aliphatic heterocycles. The van der Waals surface area contributed by atoms with Gasteiger partial charge in [0.1, 0.15) is 0 Å². The van der Waals surface area contributed by atoms with Gasteiger partial charge in [0.05, 0.1) is 22.5 Å². The highest BCUT2D eigenvalue weighted by atomic mass is 16.2. The second-order valence-electron chi connectivity index (χ2n) is 7.14. The van der Waals surface area contributed by atoms with Crippen LogP contribution in [0.2, 0.25) is 0 Å². The Kier molecular flexibility index (Phi) is 3.90. The molecule has 0 unspecified atom stereocenters. The minimum Gasteiger partial charge on any atom is -0.305 e. The molecule has 0 saturated heterocycles. The monoisotopic (exact) mass is 365 g/mol. The van der Waals surface area contributed by atoms with Gasteiger partial charge in [-0.15, -0.1) is 0 Å². The van der Waals surface area contributed by atoms with Crippen molar-refractivity contribution in [1.82, 2.24) is 9.97 Å². The summed E-state index contributed by atoms with van der Waals surface area (Å²) in [4.78, 5) is 24.8. The number of amides is 1. The van der Waals surface area contributed by atoms with Crippen molar-refractivity contribution in [2.45, 2.75) is 19.4 Å². The van der Waals surface area contributed by atoms with E-state index < -0.39 is 0 Å². The molecule has 0 aliphatic carbocycles. The number of carbonyl (C=O) groups excluding carboxylic acids is 1. The van der Waals surface area contributed by atoms with Crippen molar-refractivity contribution in [1.29, 1.82) is 0 Å².